The van der Waals surface area contributed by atoms with E-state index in [1.165, 1.54) is 44.8 Å². The van der Waals surface area contributed by atoms with Gasteiger partial charge in [-0.2, -0.15) is 9.34 Å². The zero-order chi connectivity index (χ0) is 17.6. The molecule has 0 N–H and O–H groups in total. The van der Waals surface area contributed by atoms with Gasteiger partial charge in [0.2, 0.25) is 11.8 Å². The average molecular weight is 357 g/mol. The van der Waals surface area contributed by atoms with Crippen molar-refractivity contribution in [3.63, 3.8) is 0 Å². The van der Waals surface area contributed by atoms with Crippen LogP contribution in [0.25, 0.3) is 0 Å². The van der Waals surface area contributed by atoms with Gasteiger partial charge in [0, 0.05) is 0 Å². The number of benzene rings is 2. The molecule has 0 saturated carbocycles. The lowest BCUT2D eigenvalue weighted by Crippen LogP contribution is -2.13. The van der Waals surface area contributed by atoms with E-state index in [0.29, 0.717) is 0 Å². The predicted molar refractivity (Wildman–Crippen MR) is 110 cm³/mol. The molecule has 2 aromatic carbocycles. The number of nitrogens with zero attached hydrogens (tertiary/aromatic N) is 2. The highest BCUT2D eigenvalue weighted by Gasteiger charge is 2.41. The van der Waals surface area contributed by atoms with Crippen molar-refractivity contribution in [1.82, 2.24) is 0 Å². The fraction of sp³-hybridized carbons (Fsp3) is 0.400. The van der Waals surface area contributed by atoms with Gasteiger partial charge in [-0.1, -0.05) is 35.4 Å². The molecule has 2 nitrogen and oxygen atoms in total. The topological polar surface area (TPSA) is 6.48 Å². The van der Waals surface area contributed by atoms with E-state index in [2.05, 4.69) is 75.1 Å². The molecule has 0 atom stereocenters. The van der Waals surface area contributed by atoms with Gasteiger partial charge in [-0.15, -0.1) is 0 Å². The van der Waals surface area contributed by atoms with Crippen LogP contribution in [0.15, 0.2) is 24.3 Å². The molecule has 1 aliphatic heterocycles. The van der Waals surface area contributed by atoms with E-state index in [-0.39, 0.29) is 0 Å². The lowest BCUT2D eigenvalue weighted by molar-refractivity contribution is 1.01. The lowest BCUT2D eigenvalue weighted by atomic mass is 10.0. The standard InChI is InChI=1S/C20H26N2PS/c1-13-9-15(3)19(16(4)10-13)21-7-8-22(23(21)24)20-17(5)11-14(2)12-18(20)6/h9-12H,7-8H2,1-6H3/q+1. The summed E-state index contributed by atoms with van der Waals surface area (Å²) in [5.74, 6) is 0. The van der Waals surface area contributed by atoms with Crippen molar-refractivity contribution < 1.29 is 0 Å². The second kappa shape index (κ2) is 6.46. The number of aryl methyl sites for hydroxylation is 6. The van der Waals surface area contributed by atoms with Crippen molar-refractivity contribution in [2.24, 2.45) is 0 Å². The zero-order valence-corrected chi connectivity index (χ0v) is 17.2. The molecule has 3 rings (SSSR count). The first-order chi connectivity index (χ1) is 11.3. The highest BCUT2D eigenvalue weighted by molar-refractivity contribution is 8.06. The highest BCUT2D eigenvalue weighted by atomic mass is 32.4. The predicted octanol–water partition coefficient (Wildman–Crippen LogP) is 5.64. The van der Waals surface area contributed by atoms with Crippen LogP contribution in [-0.4, -0.2) is 13.1 Å². The van der Waals surface area contributed by atoms with Gasteiger partial charge in [-0.05, 0) is 63.8 Å². The summed E-state index contributed by atoms with van der Waals surface area (Å²) < 4.78 is 4.90. The fourth-order valence-electron chi connectivity index (χ4n) is 4.04. The molecule has 0 radical (unpaired) electrons. The Morgan fingerprint density at radius 1 is 0.667 bits per heavy atom. The van der Waals surface area contributed by atoms with Crippen LogP contribution in [0.5, 0.6) is 0 Å². The fourth-order valence-corrected chi connectivity index (χ4v) is 6.78. The second-order valence-corrected chi connectivity index (χ2v) is 9.44. The monoisotopic (exact) mass is 357 g/mol. The van der Waals surface area contributed by atoms with Crippen LogP contribution in [0.4, 0.5) is 11.4 Å². The molecule has 0 unspecified atom stereocenters. The summed E-state index contributed by atoms with van der Waals surface area (Å²) in [6, 6.07) is 9.08. The van der Waals surface area contributed by atoms with Gasteiger partial charge >= 0.3 is 7.00 Å². The van der Waals surface area contributed by atoms with Crippen LogP contribution < -0.4 is 9.34 Å². The Kier molecular flexibility index (Phi) is 4.68. The van der Waals surface area contributed by atoms with Crippen molar-refractivity contribution in [3.8, 4) is 0 Å². The quantitative estimate of drug-likeness (QED) is 0.643. The normalized spacial score (nSPS) is 14.7. The Bertz CT molecular complexity index is 715. The maximum Gasteiger partial charge on any atom is 0.423 e. The Morgan fingerprint density at radius 2 is 0.958 bits per heavy atom. The molecule has 0 aromatic heterocycles. The van der Waals surface area contributed by atoms with E-state index in [1.807, 2.05) is 0 Å². The molecular formula is C20H26N2PS+. The molecule has 1 aliphatic rings. The number of rotatable bonds is 2. The first-order valence-electron chi connectivity index (χ1n) is 8.47. The van der Waals surface area contributed by atoms with E-state index in [1.54, 1.807) is 0 Å². The van der Waals surface area contributed by atoms with E-state index in [0.717, 1.165) is 13.1 Å². The van der Waals surface area contributed by atoms with Crippen LogP contribution in [0.3, 0.4) is 0 Å². The zero-order valence-electron chi connectivity index (χ0n) is 15.5. The van der Waals surface area contributed by atoms with Gasteiger partial charge < -0.3 is 0 Å². The third-order valence-electron chi connectivity index (χ3n) is 4.72. The molecule has 1 heterocycles. The summed E-state index contributed by atoms with van der Waals surface area (Å²) in [6.45, 7) is 14.4. The minimum absolute atomic E-state index is 0.779. The molecule has 0 spiro atoms. The average Bonchev–Trinajstić information content (AvgIpc) is 2.79. The maximum atomic E-state index is 6.03. The van der Waals surface area contributed by atoms with Crippen LogP contribution in [0.1, 0.15) is 33.4 Å². The van der Waals surface area contributed by atoms with Gasteiger partial charge in [0.25, 0.3) is 0 Å². The van der Waals surface area contributed by atoms with Crippen molar-refractivity contribution in [2.75, 3.05) is 22.4 Å². The van der Waals surface area contributed by atoms with Crippen LogP contribution in [-0.2, 0) is 11.8 Å². The van der Waals surface area contributed by atoms with E-state index >= 15 is 0 Å². The molecular weight excluding hydrogens is 331 g/mol. The van der Waals surface area contributed by atoms with Gasteiger partial charge in [-0.25, -0.2) is 0 Å². The Balaban J connectivity index is 2.00. The summed E-state index contributed by atoms with van der Waals surface area (Å²) in [5, 5.41) is 0. The van der Waals surface area contributed by atoms with Crippen molar-refractivity contribution in [1.29, 1.82) is 0 Å². The lowest BCUT2D eigenvalue weighted by Gasteiger charge is -2.18. The Labute approximate surface area is 152 Å². The third-order valence-corrected chi connectivity index (χ3v) is 7.53. The van der Waals surface area contributed by atoms with Gasteiger partial charge in [0.05, 0.1) is 24.5 Å². The summed E-state index contributed by atoms with van der Waals surface area (Å²) in [5.41, 5.74) is 10.7. The number of hydrogen-bond acceptors (Lipinski definition) is 1. The highest BCUT2D eigenvalue weighted by Crippen LogP contribution is 2.48. The minimum Gasteiger partial charge on any atom is -0.166 e. The molecule has 1 saturated heterocycles. The summed E-state index contributed by atoms with van der Waals surface area (Å²) >= 11 is 6.03. The molecule has 2 aromatic rings. The second-order valence-electron chi connectivity index (χ2n) is 6.99. The third kappa shape index (κ3) is 2.96. The molecule has 1 fully saturated rings. The summed E-state index contributed by atoms with van der Waals surface area (Å²) in [4.78, 5) is 0. The molecule has 24 heavy (non-hydrogen) atoms. The van der Waals surface area contributed by atoms with Crippen LogP contribution in [0, 0.1) is 41.5 Å². The van der Waals surface area contributed by atoms with Crippen molar-refractivity contribution in [2.45, 2.75) is 41.5 Å². The largest absolute Gasteiger partial charge is 0.423 e. The van der Waals surface area contributed by atoms with E-state index < -0.39 is 7.00 Å². The maximum absolute atomic E-state index is 6.03. The van der Waals surface area contributed by atoms with E-state index in [4.69, 9.17) is 11.8 Å². The number of anilines is 2. The van der Waals surface area contributed by atoms with Gasteiger partial charge in [0.1, 0.15) is 0 Å². The summed E-state index contributed by atoms with van der Waals surface area (Å²) in [6.07, 6.45) is 0. The Morgan fingerprint density at radius 3 is 1.25 bits per heavy atom. The van der Waals surface area contributed by atoms with Crippen molar-refractivity contribution in [3.05, 3.63) is 57.6 Å². The molecule has 0 aliphatic carbocycles. The summed E-state index contributed by atoms with van der Waals surface area (Å²) in [7, 11) is 0. The molecule has 0 bridgehead atoms. The SMILES string of the molecule is Cc1cc(C)c(N2CCN(c3c(C)cc(C)cc3C)[P+]2=S)c(C)c1. The van der Waals surface area contributed by atoms with Gasteiger partial charge in [0.15, 0.2) is 0 Å². The Hall–Kier alpha value is -1.44. The van der Waals surface area contributed by atoms with E-state index in [9.17, 15) is 0 Å². The molecule has 0 amide bonds. The molecule has 126 valence electrons. The van der Waals surface area contributed by atoms with Crippen LogP contribution >= 0.6 is 7.00 Å². The first kappa shape index (κ1) is 17.4. The molecule has 4 heteroatoms. The smallest absolute Gasteiger partial charge is 0.166 e. The van der Waals surface area contributed by atoms with Crippen molar-refractivity contribution >= 4 is 30.2 Å². The van der Waals surface area contributed by atoms with Gasteiger partial charge in [-0.3, -0.25) is 0 Å². The number of hydrogen-bond donors (Lipinski definition) is 0. The first-order valence-corrected chi connectivity index (χ1v) is 10.7. The minimum atomic E-state index is -0.779. The van der Waals surface area contributed by atoms with Crippen LogP contribution in [0.2, 0.25) is 0 Å².